The number of ether oxygens (including phenoxy) is 3. The molecular formula is C47H63N5O8. The fourth-order valence-electron chi connectivity index (χ4n) is 9.29. The normalized spacial score (nSPS) is 18.7. The monoisotopic (exact) mass is 825 g/mol. The molecule has 13 nitrogen and oxygen atoms in total. The van der Waals surface area contributed by atoms with Crippen LogP contribution in [0.3, 0.4) is 0 Å². The first kappa shape index (κ1) is 43.6. The number of phenolic OH excluding ortho intramolecular Hbond substituents is 1. The van der Waals surface area contributed by atoms with Gasteiger partial charge in [-0.2, -0.15) is 0 Å². The zero-order chi connectivity index (χ0) is 41.7. The highest BCUT2D eigenvalue weighted by atomic mass is 16.5. The second kappa shape index (κ2) is 21.3. The summed E-state index contributed by atoms with van der Waals surface area (Å²) in [6.45, 7) is 6.89. The number of piperidine rings is 1. The molecule has 3 fully saturated rings. The molecule has 0 radical (unpaired) electrons. The van der Waals surface area contributed by atoms with E-state index < -0.39 is 5.92 Å². The number of morpholine rings is 1. The Balaban J connectivity index is 0.813. The minimum absolute atomic E-state index is 0.00777. The molecule has 7 rings (SSSR count). The van der Waals surface area contributed by atoms with Crippen molar-refractivity contribution in [3.63, 3.8) is 0 Å². The first-order chi connectivity index (χ1) is 29.3. The molecule has 1 saturated carbocycles. The zero-order valence-corrected chi connectivity index (χ0v) is 35.0. The molecule has 1 atom stereocenters. The number of carbonyl (C=O) groups excluding carboxylic acids is 3. The van der Waals surface area contributed by atoms with Crippen LogP contribution in [0.1, 0.15) is 79.5 Å². The van der Waals surface area contributed by atoms with E-state index in [1.807, 2.05) is 41.3 Å². The Hall–Kier alpha value is -4.53. The van der Waals surface area contributed by atoms with E-state index in [-0.39, 0.29) is 48.3 Å². The van der Waals surface area contributed by atoms with Gasteiger partial charge < -0.3 is 44.9 Å². The lowest BCUT2D eigenvalue weighted by Gasteiger charge is -2.47. The Bertz CT molecular complexity index is 1880. The van der Waals surface area contributed by atoms with Gasteiger partial charge in [0.05, 0.1) is 44.4 Å². The van der Waals surface area contributed by atoms with E-state index in [4.69, 9.17) is 14.2 Å². The molecule has 0 bridgehead atoms. The summed E-state index contributed by atoms with van der Waals surface area (Å²) < 4.78 is 18.0. The number of nitrogens with one attached hydrogen (secondary N) is 2. The van der Waals surface area contributed by atoms with Gasteiger partial charge in [0.1, 0.15) is 11.4 Å². The van der Waals surface area contributed by atoms with Crippen molar-refractivity contribution in [1.29, 1.82) is 0 Å². The van der Waals surface area contributed by atoms with Crippen molar-refractivity contribution < 1.29 is 38.8 Å². The summed E-state index contributed by atoms with van der Waals surface area (Å²) in [7, 11) is 0. The molecule has 1 spiro atoms. The van der Waals surface area contributed by atoms with Gasteiger partial charge in [-0.05, 0) is 73.4 Å². The van der Waals surface area contributed by atoms with Crippen molar-refractivity contribution in [2.24, 2.45) is 0 Å². The lowest BCUT2D eigenvalue weighted by molar-refractivity contribution is -0.161. The second-order valence-electron chi connectivity index (χ2n) is 16.8. The van der Waals surface area contributed by atoms with Gasteiger partial charge in [0.15, 0.2) is 12.4 Å². The number of phenols is 1. The van der Waals surface area contributed by atoms with E-state index in [0.29, 0.717) is 76.8 Å². The van der Waals surface area contributed by atoms with Gasteiger partial charge in [-0.25, -0.2) is 0 Å². The number of benzene rings is 3. The molecule has 1 unspecified atom stereocenters. The molecule has 1 aliphatic carbocycles. The molecule has 60 heavy (non-hydrogen) atoms. The molecule has 4 aliphatic rings. The molecule has 3 heterocycles. The number of aromatic hydroxyl groups is 1. The molecule has 324 valence electrons. The van der Waals surface area contributed by atoms with E-state index in [2.05, 4.69) is 44.7 Å². The van der Waals surface area contributed by atoms with Crippen molar-refractivity contribution in [1.82, 2.24) is 20.0 Å². The highest BCUT2D eigenvalue weighted by molar-refractivity contribution is 5.97. The quantitative estimate of drug-likeness (QED) is 0.106. The molecule has 4 N–H and O–H groups in total. The molecule has 3 aromatic rings. The van der Waals surface area contributed by atoms with Gasteiger partial charge in [-0.15, -0.1) is 0 Å². The summed E-state index contributed by atoms with van der Waals surface area (Å²) in [6.07, 6.45) is 9.11. The summed E-state index contributed by atoms with van der Waals surface area (Å²) in [5.41, 5.74) is 4.21. The number of carbonyl (C=O) groups is 3. The predicted molar refractivity (Wildman–Crippen MR) is 229 cm³/mol. The third kappa shape index (κ3) is 11.4. The maximum absolute atomic E-state index is 13.6. The number of aliphatic hydroxyl groups excluding tert-OH is 1. The average molecular weight is 826 g/mol. The fraction of sp³-hybridized carbons (Fsp3) is 0.553. The first-order valence-electron chi connectivity index (χ1n) is 22.0. The van der Waals surface area contributed by atoms with Gasteiger partial charge in [0.25, 0.3) is 5.91 Å². The summed E-state index contributed by atoms with van der Waals surface area (Å²) >= 11 is 0. The van der Waals surface area contributed by atoms with Crippen LogP contribution in [0.15, 0.2) is 66.7 Å². The number of rotatable bonds is 18. The topological polar surface area (TPSA) is 153 Å². The molecule has 3 aromatic carbocycles. The molecular weight excluding hydrogens is 763 g/mol. The Labute approximate surface area is 354 Å². The van der Waals surface area contributed by atoms with Crippen molar-refractivity contribution in [2.45, 2.75) is 88.3 Å². The van der Waals surface area contributed by atoms with Gasteiger partial charge in [-0.3, -0.25) is 19.3 Å². The van der Waals surface area contributed by atoms with Crippen LogP contribution in [-0.4, -0.2) is 133 Å². The minimum atomic E-state index is -0.551. The second-order valence-corrected chi connectivity index (χ2v) is 16.8. The van der Waals surface area contributed by atoms with Crippen molar-refractivity contribution in [3.8, 4) is 11.5 Å². The summed E-state index contributed by atoms with van der Waals surface area (Å²) in [5.74, 6) is -0.205. The van der Waals surface area contributed by atoms with Crippen LogP contribution >= 0.6 is 0 Å². The lowest BCUT2D eigenvalue weighted by Crippen LogP contribution is -2.58. The highest BCUT2D eigenvalue weighted by Gasteiger charge is 2.42. The molecule has 0 aromatic heterocycles. The predicted octanol–water partition coefficient (Wildman–Crippen LogP) is 4.64. The minimum Gasteiger partial charge on any atom is -0.506 e. The number of anilines is 1. The molecule has 3 aliphatic heterocycles. The van der Waals surface area contributed by atoms with Crippen LogP contribution in [0.2, 0.25) is 0 Å². The van der Waals surface area contributed by atoms with Gasteiger partial charge >= 0.3 is 0 Å². The summed E-state index contributed by atoms with van der Waals surface area (Å²) in [5, 5.41) is 26.4. The number of aliphatic hydroxyl groups is 1. The van der Waals surface area contributed by atoms with E-state index in [1.165, 1.54) is 17.5 Å². The maximum Gasteiger partial charge on any atom is 0.262 e. The molecule has 3 amide bonds. The van der Waals surface area contributed by atoms with Crippen LogP contribution in [0.5, 0.6) is 11.5 Å². The third-order valence-electron chi connectivity index (χ3n) is 12.7. The lowest BCUT2D eigenvalue weighted by atomic mass is 9.88. The zero-order valence-electron chi connectivity index (χ0n) is 35.0. The number of amides is 3. The van der Waals surface area contributed by atoms with Crippen molar-refractivity contribution >= 4 is 23.4 Å². The van der Waals surface area contributed by atoms with Crippen LogP contribution in [0, 0.1) is 0 Å². The van der Waals surface area contributed by atoms with E-state index in [1.54, 1.807) is 6.07 Å². The van der Waals surface area contributed by atoms with Gasteiger partial charge in [-0.1, -0.05) is 79.9 Å². The van der Waals surface area contributed by atoms with E-state index >= 15 is 0 Å². The van der Waals surface area contributed by atoms with Crippen LogP contribution < -0.4 is 15.4 Å². The number of nitrogens with zero attached hydrogens (tertiary/aromatic N) is 3. The number of hydrogen-bond acceptors (Lipinski definition) is 10. The fourth-order valence-corrected chi connectivity index (χ4v) is 9.29. The highest BCUT2D eigenvalue weighted by Crippen LogP contribution is 2.39. The standard InChI is InChI=1S/C47H63N5O8/c53-32-40(37-10-3-1-4-11-37)46(57)51-26-29-60-47(34-51)19-23-50(24-20-47)31-36-9-7-8-35(30-36)17-27-58-28-18-43(56)52(39-12-5-2-6-13-39)25-22-48-21-16-38-14-15-41(54)44-45(38)59-33-42(55)49-44/h1,3-4,7-11,14-15,30,39-40,48,53-54H,2,5-6,12-13,16-29,31-34H2,(H,49,55). The third-order valence-corrected chi connectivity index (χ3v) is 12.7. The van der Waals surface area contributed by atoms with Crippen LogP contribution in [0.25, 0.3) is 0 Å². The first-order valence-corrected chi connectivity index (χ1v) is 22.0. The van der Waals surface area contributed by atoms with Crippen LogP contribution in [-0.2, 0) is 43.2 Å². The Morgan fingerprint density at radius 1 is 0.950 bits per heavy atom. The Kier molecular flexibility index (Phi) is 15.5. The van der Waals surface area contributed by atoms with Gasteiger partial charge in [0.2, 0.25) is 11.8 Å². The summed E-state index contributed by atoms with van der Waals surface area (Å²) in [4.78, 5) is 45.2. The molecule has 13 heteroatoms. The SMILES string of the molecule is O=C1COc2c(CCNCCN(C(=O)CCOCCc3cccc(CN4CCC5(CC4)CN(C(=O)C(CO)c4ccccc4)CCO5)c3)C3CCCCC3)ccc(O)c2N1. The van der Waals surface area contributed by atoms with Gasteiger partial charge in [0, 0.05) is 51.9 Å². The Morgan fingerprint density at radius 2 is 1.75 bits per heavy atom. The number of fused-ring (bicyclic) bond motifs is 1. The summed E-state index contributed by atoms with van der Waals surface area (Å²) in [6, 6.07) is 21.9. The van der Waals surface area contributed by atoms with E-state index in [9.17, 15) is 24.6 Å². The smallest absolute Gasteiger partial charge is 0.262 e. The van der Waals surface area contributed by atoms with Crippen molar-refractivity contribution in [3.05, 3.63) is 89.0 Å². The average Bonchev–Trinajstić information content (AvgIpc) is 3.27. The van der Waals surface area contributed by atoms with E-state index in [0.717, 1.165) is 75.7 Å². The molecule has 2 saturated heterocycles. The number of hydrogen-bond donors (Lipinski definition) is 4. The number of likely N-dealkylation sites (tertiary alicyclic amines) is 1. The largest absolute Gasteiger partial charge is 0.506 e. The Morgan fingerprint density at radius 3 is 2.55 bits per heavy atom. The maximum atomic E-state index is 13.6. The van der Waals surface area contributed by atoms with Crippen LogP contribution in [0.4, 0.5) is 5.69 Å². The van der Waals surface area contributed by atoms with Crippen molar-refractivity contribution in [2.75, 3.05) is 84.2 Å².